The second-order valence-corrected chi connectivity index (χ2v) is 5.99. The van der Waals surface area contributed by atoms with Crippen LogP contribution in [0.5, 0.6) is 0 Å². The van der Waals surface area contributed by atoms with E-state index in [4.69, 9.17) is 0 Å². The molecule has 0 aliphatic heterocycles. The van der Waals surface area contributed by atoms with Crippen molar-refractivity contribution in [3.63, 3.8) is 0 Å². The second-order valence-electron chi connectivity index (χ2n) is 5.99. The van der Waals surface area contributed by atoms with Crippen molar-refractivity contribution < 1.29 is 9.59 Å². The van der Waals surface area contributed by atoms with Crippen molar-refractivity contribution in [1.29, 1.82) is 5.26 Å². The normalized spacial score (nSPS) is 10.9. The first-order valence-electron chi connectivity index (χ1n) is 8.19. The molecule has 1 heterocycles. The summed E-state index contributed by atoms with van der Waals surface area (Å²) in [5, 5.41) is 12.1. The number of nitrogens with zero attached hydrogens (tertiary/aromatic N) is 2. The monoisotopic (exact) mass is 347 g/mol. The SMILES string of the molecule is C=CCn1c(C)cc(C(=O)/C(C#N)=C\c2ccc(NC(C)=O)cc2)c1C. The number of allylic oxidation sites excluding steroid dienone is 2. The fourth-order valence-corrected chi connectivity index (χ4v) is 2.77. The largest absolute Gasteiger partial charge is 0.345 e. The fraction of sp³-hybridized carbons (Fsp3) is 0.190. The first-order valence-corrected chi connectivity index (χ1v) is 8.19. The zero-order chi connectivity index (χ0) is 19.3. The van der Waals surface area contributed by atoms with Crippen LogP contribution in [0, 0.1) is 25.2 Å². The summed E-state index contributed by atoms with van der Waals surface area (Å²) >= 11 is 0. The minimum Gasteiger partial charge on any atom is -0.345 e. The number of rotatable bonds is 6. The van der Waals surface area contributed by atoms with Crippen LogP contribution in [0.25, 0.3) is 6.08 Å². The highest BCUT2D eigenvalue weighted by molar-refractivity contribution is 6.14. The van der Waals surface area contributed by atoms with E-state index in [1.165, 1.54) is 6.92 Å². The summed E-state index contributed by atoms with van der Waals surface area (Å²) in [6, 6.07) is 10.7. The van der Waals surface area contributed by atoms with Gasteiger partial charge in [-0.2, -0.15) is 5.26 Å². The Labute approximate surface area is 153 Å². The predicted octanol–water partition coefficient (Wildman–Crippen LogP) is 4.04. The van der Waals surface area contributed by atoms with E-state index < -0.39 is 0 Å². The number of aromatic nitrogens is 1. The number of benzene rings is 1. The second kappa shape index (κ2) is 8.13. The lowest BCUT2D eigenvalue weighted by atomic mass is 10.0. The van der Waals surface area contributed by atoms with Crippen molar-refractivity contribution in [2.45, 2.75) is 27.3 Å². The van der Waals surface area contributed by atoms with Gasteiger partial charge in [-0.3, -0.25) is 9.59 Å². The maximum absolute atomic E-state index is 12.8. The van der Waals surface area contributed by atoms with Crippen molar-refractivity contribution in [2.24, 2.45) is 0 Å². The molecule has 0 atom stereocenters. The number of aryl methyl sites for hydroxylation is 1. The molecule has 0 unspecified atom stereocenters. The smallest absolute Gasteiger partial charge is 0.221 e. The van der Waals surface area contributed by atoms with E-state index >= 15 is 0 Å². The number of carbonyl (C=O) groups excluding carboxylic acids is 2. The molecule has 0 bridgehead atoms. The van der Waals surface area contributed by atoms with Crippen molar-refractivity contribution in [2.75, 3.05) is 5.32 Å². The Kier molecular flexibility index (Phi) is 5.92. The van der Waals surface area contributed by atoms with Gasteiger partial charge >= 0.3 is 0 Å². The predicted molar refractivity (Wildman–Crippen MR) is 103 cm³/mol. The molecule has 0 saturated carbocycles. The maximum Gasteiger partial charge on any atom is 0.221 e. The van der Waals surface area contributed by atoms with Crippen LogP contribution in [0.2, 0.25) is 0 Å². The molecule has 0 aliphatic carbocycles. The van der Waals surface area contributed by atoms with Gasteiger partial charge in [-0.25, -0.2) is 0 Å². The molecule has 2 rings (SSSR count). The van der Waals surface area contributed by atoms with Crippen molar-refractivity contribution in [3.05, 3.63) is 71.1 Å². The van der Waals surface area contributed by atoms with E-state index in [1.807, 2.05) is 24.5 Å². The third-order valence-corrected chi connectivity index (χ3v) is 4.04. The molecule has 0 fully saturated rings. The highest BCUT2D eigenvalue weighted by atomic mass is 16.1. The summed E-state index contributed by atoms with van der Waals surface area (Å²) in [7, 11) is 0. The van der Waals surface area contributed by atoms with Crippen molar-refractivity contribution in [1.82, 2.24) is 4.57 Å². The van der Waals surface area contributed by atoms with E-state index in [0.29, 0.717) is 23.4 Å². The van der Waals surface area contributed by atoms with Crippen LogP contribution in [0.3, 0.4) is 0 Å². The molecule has 5 heteroatoms. The van der Waals surface area contributed by atoms with Gasteiger partial charge < -0.3 is 9.88 Å². The van der Waals surface area contributed by atoms with Crippen LogP contribution in [0.4, 0.5) is 5.69 Å². The third-order valence-electron chi connectivity index (χ3n) is 4.04. The lowest BCUT2D eigenvalue weighted by molar-refractivity contribution is -0.114. The van der Waals surface area contributed by atoms with Crippen LogP contribution in [-0.2, 0) is 11.3 Å². The molecule has 2 aromatic rings. The van der Waals surface area contributed by atoms with E-state index in [0.717, 1.165) is 11.4 Å². The molecule has 1 aromatic carbocycles. The molecule has 0 spiro atoms. The number of nitriles is 1. The van der Waals surface area contributed by atoms with Crippen molar-refractivity contribution in [3.8, 4) is 6.07 Å². The lowest BCUT2D eigenvalue weighted by Gasteiger charge is -2.06. The van der Waals surface area contributed by atoms with Gasteiger partial charge in [0.25, 0.3) is 0 Å². The number of hydrogen-bond acceptors (Lipinski definition) is 3. The van der Waals surface area contributed by atoms with Gasteiger partial charge in [0.2, 0.25) is 11.7 Å². The number of ketones is 1. The number of Topliss-reactive ketones (excluding diaryl/α,β-unsaturated/α-hetero) is 1. The van der Waals surface area contributed by atoms with Gasteiger partial charge in [0, 0.05) is 36.1 Å². The van der Waals surface area contributed by atoms with Gasteiger partial charge in [0.1, 0.15) is 11.6 Å². The fourth-order valence-electron chi connectivity index (χ4n) is 2.77. The molecule has 1 N–H and O–H groups in total. The Morgan fingerprint density at radius 3 is 2.46 bits per heavy atom. The van der Waals surface area contributed by atoms with E-state index in [2.05, 4.69) is 11.9 Å². The molecule has 26 heavy (non-hydrogen) atoms. The van der Waals surface area contributed by atoms with Crippen LogP contribution in [0.15, 0.2) is 48.6 Å². The molecule has 132 valence electrons. The minimum atomic E-state index is -0.304. The maximum atomic E-state index is 12.8. The zero-order valence-corrected chi connectivity index (χ0v) is 15.2. The standard InChI is InChI=1S/C21H21N3O2/c1-5-10-24-14(2)11-20(15(24)3)21(26)18(13-22)12-17-6-8-19(9-7-17)23-16(4)25/h5-9,11-12H,1,10H2,2-4H3,(H,23,25)/b18-12-. The molecule has 1 aromatic heterocycles. The van der Waals surface area contributed by atoms with Gasteiger partial charge in [-0.1, -0.05) is 18.2 Å². The highest BCUT2D eigenvalue weighted by Gasteiger charge is 2.18. The number of nitrogens with one attached hydrogen (secondary N) is 1. The van der Waals surface area contributed by atoms with Gasteiger partial charge in [0.05, 0.1) is 0 Å². The minimum absolute atomic E-state index is 0.0659. The molecule has 0 saturated heterocycles. The van der Waals surface area contributed by atoms with Crippen molar-refractivity contribution >= 4 is 23.5 Å². The Bertz CT molecular complexity index is 925. The van der Waals surface area contributed by atoms with E-state index in [-0.39, 0.29) is 17.3 Å². The molecule has 5 nitrogen and oxygen atoms in total. The van der Waals surface area contributed by atoms with Crippen LogP contribution in [-0.4, -0.2) is 16.3 Å². The summed E-state index contributed by atoms with van der Waals surface area (Å²) in [4.78, 5) is 23.9. The molecule has 0 radical (unpaired) electrons. The summed E-state index contributed by atoms with van der Waals surface area (Å²) in [5.74, 6) is -0.460. The molecular formula is C21H21N3O2. The van der Waals surface area contributed by atoms with Gasteiger partial charge in [-0.15, -0.1) is 6.58 Å². The first kappa shape index (κ1) is 18.9. The summed E-state index contributed by atoms with van der Waals surface area (Å²) in [5.41, 5.74) is 3.72. The molecule has 0 aliphatic rings. The van der Waals surface area contributed by atoms with Crippen LogP contribution in [0.1, 0.15) is 34.2 Å². The quantitative estimate of drug-likeness (QED) is 0.371. The van der Waals surface area contributed by atoms with E-state index in [9.17, 15) is 14.9 Å². The number of hydrogen-bond donors (Lipinski definition) is 1. The van der Waals surface area contributed by atoms with Crippen LogP contribution < -0.4 is 5.32 Å². The summed E-state index contributed by atoms with van der Waals surface area (Å²) < 4.78 is 1.98. The first-order chi connectivity index (χ1) is 12.4. The van der Waals surface area contributed by atoms with E-state index in [1.54, 1.807) is 42.5 Å². The molecule has 1 amide bonds. The Hall–Kier alpha value is -3.39. The Balaban J connectivity index is 2.33. The lowest BCUT2D eigenvalue weighted by Crippen LogP contribution is -2.06. The average Bonchev–Trinajstić information content (AvgIpc) is 2.88. The molecular weight excluding hydrogens is 326 g/mol. The summed E-state index contributed by atoms with van der Waals surface area (Å²) in [6.45, 7) is 9.56. The number of carbonyl (C=O) groups is 2. The number of anilines is 1. The van der Waals surface area contributed by atoms with Gasteiger partial charge in [0.15, 0.2) is 0 Å². The summed E-state index contributed by atoms with van der Waals surface area (Å²) in [6.07, 6.45) is 3.32. The van der Waals surface area contributed by atoms with Crippen LogP contribution >= 0.6 is 0 Å². The average molecular weight is 347 g/mol. The Morgan fingerprint density at radius 2 is 1.92 bits per heavy atom. The highest BCUT2D eigenvalue weighted by Crippen LogP contribution is 2.20. The Morgan fingerprint density at radius 1 is 1.27 bits per heavy atom. The number of amides is 1. The van der Waals surface area contributed by atoms with Gasteiger partial charge in [-0.05, 0) is 43.7 Å². The zero-order valence-electron chi connectivity index (χ0n) is 15.2. The third kappa shape index (κ3) is 4.17. The topological polar surface area (TPSA) is 74.9 Å².